The Balaban J connectivity index is 1.10. The standard InChI is InChI=1S/C31H44ClF2N3O5/c1-18-26(15-25(34)30(38)39)37(16-21-10-13-40-21)28(35-18)17-36-11-8-19(9-12-36)22-4-3-5-27-29(22)42-31(2,41-27)23-7-6-20(32)14-24(23)33/h15,19-24,27,29H,3-14,16-17H2,1-2H3,(H,38,39)/b25-15-/t20?,21?,22?,23?,24?,27?,29?,31-/m0/s1. The van der Waals surface area contributed by atoms with Gasteiger partial charge in [-0.25, -0.2) is 14.2 Å². The Morgan fingerprint density at radius 3 is 2.60 bits per heavy atom. The fraction of sp³-hybridized carbons (Fsp3) is 0.806. The van der Waals surface area contributed by atoms with Gasteiger partial charge in [-0.05, 0) is 90.1 Å². The SMILES string of the molecule is Cc1nc(CN2CCC(C3CCCC4O[C@](C)(C5CCC(Cl)CC5F)OC43)CC2)n(CC2CCO2)c1/C=C(\F)C(=O)O. The number of alkyl halides is 2. The summed E-state index contributed by atoms with van der Waals surface area (Å²) in [6, 6.07) is 0. The zero-order chi connectivity index (χ0) is 29.6. The quantitative estimate of drug-likeness (QED) is 0.301. The zero-order valence-electron chi connectivity index (χ0n) is 24.7. The number of aromatic nitrogens is 2. The highest BCUT2D eigenvalue weighted by Gasteiger charge is 2.56. The Bertz CT molecular complexity index is 1170. The number of carbonyl (C=O) groups is 1. The number of aryl methyl sites for hydroxylation is 1. The van der Waals surface area contributed by atoms with Crippen LogP contribution in [0.4, 0.5) is 8.78 Å². The van der Waals surface area contributed by atoms with Crippen LogP contribution in [-0.4, -0.2) is 80.9 Å². The van der Waals surface area contributed by atoms with Crippen LogP contribution in [-0.2, 0) is 32.1 Å². The third-order valence-corrected chi connectivity index (χ3v) is 10.9. The first-order chi connectivity index (χ1) is 20.1. The van der Waals surface area contributed by atoms with Crippen LogP contribution in [0.15, 0.2) is 5.83 Å². The van der Waals surface area contributed by atoms with Crippen molar-refractivity contribution < 1.29 is 32.9 Å². The van der Waals surface area contributed by atoms with Crippen molar-refractivity contribution in [2.24, 2.45) is 17.8 Å². The second-order valence-electron chi connectivity index (χ2n) is 13.2. The highest BCUT2D eigenvalue weighted by atomic mass is 35.5. The van der Waals surface area contributed by atoms with Gasteiger partial charge in [-0.2, -0.15) is 4.39 Å². The number of carboxylic acid groups (broad SMARTS) is 1. The van der Waals surface area contributed by atoms with Gasteiger partial charge in [0, 0.05) is 24.0 Å². The molecule has 3 aliphatic heterocycles. The van der Waals surface area contributed by atoms with E-state index >= 15 is 4.39 Å². The predicted molar refractivity (Wildman–Crippen MR) is 153 cm³/mol. The molecule has 234 valence electrons. The Labute approximate surface area is 251 Å². The van der Waals surface area contributed by atoms with Crippen LogP contribution in [0, 0.1) is 24.7 Å². The summed E-state index contributed by atoms with van der Waals surface area (Å²) in [5, 5.41) is 8.99. The van der Waals surface area contributed by atoms with Crippen LogP contribution in [0.2, 0.25) is 0 Å². The van der Waals surface area contributed by atoms with Gasteiger partial charge in [-0.1, -0.05) is 6.42 Å². The lowest BCUT2D eigenvalue weighted by Gasteiger charge is -2.41. The smallest absolute Gasteiger partial charge is 0.364 e. The number of ether oxygens (including phenoxy) is 3. The van der Waals surface area contributed by atoms with Crippen molar-refractivity contribution in [2.75, 3.05) is 19.7 Å². The van der Waals surface area contributed by atoms with Crippen molar-refractivity contribution >= 4 is 23.6 Å². The Hall–Kier alpha value is -1.59. The molecule has 42 heavy (non-hydrogen) atoms. The molecule has 0 bridgehead atoms. The monoisotopic (exact) mass is 611 g/mol. The molecule has 2 aliphatic carbocycles. The van der Waals surface area contributed by atoms with Crippen LogP contribution in [0.1, 0.15) is 81.9 Å². The number of hydrogen-bond donors (Lipinski definition) is 1. The van der Waals surface area contributed by atoms with Crippen LogP contribution >= 0.6 is 11.6 Å². The summed E-state index contributed by atoms with van der Waals surface area (Å²) < 4.78 is 50.0. The van der Waals surface area contributed by atoms with Gasteiger partial charge < -0.3 is 23.9 Å². The molecule has 6 rings (SSSR count). The number of aliphatic carboxylic acids is 1. The van der Waals surface area contributed by atoms with Crippen molar-refractivity contribution in [1.29, 1.82) is 0 Å². The summed E-state index contributed by atoms with van der Waals surface area (Å²) in [4.78, 5) is 18.3. The minimum atomic E-state index is -1.58. The highest BCUT2D eigenvalue weighted by Crippen LogP contribution is 2.50. The number of halogens is 3. The summed E-state index contributed by atoms with van der Waals surface area (Å²) in [6.45, 7) is 7.39. The molecule has 1 aromatic rings. The lowest BCUT2D eigenvalue weighted by atomic mass is 9.73. The van der Waals surface area contributed by atoms with Gasteiger partial charge in [0.1, 0.15) is 12.0 Å². The van der Waals surface area contributed by atoms with Gasteiger partial charge in [-0.15, -0.1) is 11.6 Å². The molecule has 1 aromatic heterocycles. The number of imidazole rings is 1. The number of hydrogen-bond acceptors (Lipinski definition) is 6. The van der Waals surface area contributed by atoms with Crippen LogP contribution < -0.4 is 0 Å². The highest BCUT2D eigenvalue weighted by molar-refractivity contribution is 6.20. The number of nitrogens with zero attached hydrogens (tertiary/aromatic N) is 3. The Morgan fingerprint density at radius 1 is 1.17 bits per heavy atom. The predicted octanol–water partition coefficient (Wildman–Crippen LogP) is 5.63. The first kappa shape index (κ1) is 30.4. The molecule has 5 aliphatic rings. The first-order valence-electron chi connectivity index (χ1n) is 15.8. The minimum absolute atomic E-state index is 0.00345. The average Bonchev–Trinajstić information content (AvgIpc) is 3.42. The van der Waals surface area contributed by atoms with Gasteiger partial charge in [0.2, 0.25) is 5.83 Å². The molecular formula is C31H44ClF2N3O5. The fourth-order valence-corrected chi connectivity index (χ4v) is 8.39. The number of fused-ring (bicyclic) bond motifs is 1. The van der Waals surface area contributed by atoms with Crippen molar-refractivity contribution in [3.8, 4) is 0 Å². The van der Waals surface area contributed by atoms with E-state index in [0.29, 0.717) is 55.8 Å². The lowest BCUT2D eigenvalue weighted by Crippen LogP contribution is -2.46. The molecular weight excluding hydrogens is 568 g/mol. The van der Waals surface area contributed by atoms with Crippen molar-refractivity contribution in [2.45, 2.75) is 120 Å². The zero-order valence-corrected chi connectivity index (χ0v) is 25.4. The molecule has 3 saturated heterocycles. The summed E-state index contributed by atoms with van der Waals surface area (Å²) >= 11 is 6.24. The van der Waals surface area contributed by atoms with Crippen LogP contribution in [0.5, 0.6) is 0 Å². The summed E-state index contributed by atoms with van der Waals surface area (Å²) in [7, 11) is 0. The Kier molecular flexibility index (Phi) is 9.00. The van der Waals surface area contributed by atoms with Gasteiger partial charge in [0.05, 0.1) is 42.8 Å². The largest absolute Gasteiger partial charge is 0.476 e. The maximum Gasteiger partial charge on any atom is 0.364 e. The average molecular weight is 612 g/mol. The van der Waals surface area contributed by atoms with E-state index in [4.69, 9.17) is 35.9 Å². The third-order valence-electron chi connectivity index (χ3n) is 10.5. The molecule has 8 atom stereocenters. The third kappa shape index (κ3) is 6.16. The lowest BCUT2D eigenvalue weighted by molar-refractivity contribution is -0.219. The van der Waals surface area contributed by atoms with E-state index in [1.165, 1.54) is 0 Å². The molecule has 0 amide bonds. The number of piperidine rings is 1. The maximum absolute atomic E-state index is 15.1. The first-order valence-corrected chi connectivity index (χ1v) is 16.2. The van der Waals surface area contributed by atoms with E-state index in [-0.39, 0.29) is 29.6 Å². The molecule has 1 N–H and O–H groups in total. The molecule has 0 aromatic carbocycles. The summed E-state index contributed by atoms with van der Waals surface area (Å²) in [5.74, 6) is -2.24. The molecule has 0 radical (unpaired) electrons. The maximum atomic E-state index is 15.1. The number of carboxylic acids is 1. The van der Waals surface area contributed by atoms with Crippen molar-refractivity contribution in [3.63, 3.8) is 0 Å². The minimum Gasteiger partial charge on any atom is -0.476 e. The summed E-state index contributed by atoms with van der Waals surface area (Å²) in [6.07, 6.45) is 8.12. The molecule has 7 unspecified atom stereocenters. The molecule has 11 heteroatoms. The molecule has 2 saturated carbocycles. The van der Waals surface area contributed by atoms with Gasteiger partial charge in [-0.3, -0.25) is 4.90 Å². The number of rotatable bonds is 8. The van der Waals surface area contributed by atoms with Gasteiger partial charge >= 0.3 is 5.97 Å². The van der Waals surface area contributed by atoms with E-state index in [9.17, 15) is 9.18 Å². The van der Waals surface area contributed by atoms with E-state index in [0.717, 1.165) is 69.9 Å². The topological polar surface area (TPSA) is 86.0 Å². The molecule has 8 nitrogen and oxygen atoms in total. The van der Waals surface area contributed by atoms with E-state index in [1.54, 1.807) is 6.92 Å². The van der Waals surface area contributed by atoms with Crippen molar-refractivity contribution in [3.05, 3.63) is 23.0 Å². The van der Waals surface area contributed by atoms with Crippen molar-refractivity contribution in [1.82, 2.24) is 14.5 Å². The van der Waals surface area contributed by atoms with E-state index in [1.807, 2.05) is 11.5 Å². The molecule has 4 heterocycles. The molecule has 5 fully saturated rings. The van der Waals surface area contributed by atoms with Gasteiger partial charge in [0.25, 0.3) is 0 Å². The van der Waals surface area contributed by atoms with Crippen LogP contribution in [0.25, 0.3) is 6.08 Å². The van der Waals surface area contributed by atoms with E-state index in [2.05, 4.69) is 4.90 Å². The normalized spacial score (nSPS) is 38.3. The van der Waals surface area contributed by atoms with E-state index < -0.39 is 23.8 Å². The second-order valence-corrected chi connectivity index (χ2v) is 13.8. The Morgan fingerprint density at radius 2 is 1.93 bits per heavy atom. The summed E-state index contributed by atoms with van der Waals surface area (Å²) in [5.41, 5.74) is 1.10. The fourth-order valence-electron chi connectivity index (χ4n) is 8.09. The van der Waals surface area contributed by atoms with Crippen LogP contribution in [0.3, 0.4) is 0 Å². The second kappa shape index (κ2) is 12.4. The van der Waals surface area contributed by atoms with Gasteiger partial charge in [0.15, 0.2) is 5.79 Å². The number of likely N-dealkylation sites (tertiary alicyclic amines) is 1. The molecule has 0 spiro atoms.